The van der Waals surface area contributed by atoms with Crippen LogP contribution in [0.3, 0.4) is 0 Å². The summed E-state index contributed by atoms with van der Waals surface area (Å²) in [6, 6.07) is 21.0. The molecule has 1 amide bonds. The number of methoxy groups -OCH3 is 1. The largest absolute Gasteiger partial charge is 0.496 e. The molecule has 1 unspecified atom stereocenters. The smallest absolute Gasteiger partial charge is 0.417 e. The summed E-state index contributed by atoms with van der Waals surface area (Å²) in [5, 5.41) is 0. The van der Waals surface area contributed by atoms with Crippen molar-refractivity contribution in [3.05, 3.63) is 99.5 Å². The van der Waals surface area contributed by atoms with Crippen molar-refractivity contribution in [2.24, 2.45) is 0 Å². The van der Waals surface area contributed by atoms with Gasteiger partial charge in [-0.15, -0.1) is 0 Å². The molecule has 0 saturated heterocycles. The van der Waals surface area contributed by atoms with Gasteiger partial charge in [-0.3, -0.25) is 9.78 Å². The minimum Gasteiger partial charge on any atom is -0.496 e. The van der Waals surface area contributed by atoms with Crippen LogP contribution < -0.4 is 10.5 Å². The van der Waals surface area contributed by atoms with Gasteiger partial charge in [0.05, 0.1) is 18.7 Å². The second kappa shape index (κ2) is 7.22. The number of carbonyl (C=O) groups excluding carboxylic acids is 1. The Kier molecular flexibility index (Phi) is 4.39. The highest BCUT2D eigenvalue weighted by Gasteiger charge is 2.36. The molecule has 0 fully saturated rings. The van der Waals surface area contributed by atoms with Crippen molar-refractivity contribution in [1.82, 2.24) is 9.88 Å². The summed E-state index contributed by atoms with van der Waals surface area (Å²) < 4.78 is 10.7. The number of aromatic amines is 1. The number of aromatic nitrogens is 1. The Balaban J connectivity index is 1.52. The molecule has 0 saturated carbocycles. The quantitative estimate of drug-likeness (QED) is 0.548. The normalized spacial score (nSPS) is 15.6. The van der Waals surface area contributed by atoms with Crippen molar-refractivity contribution in [3.8, 4) is 5.75 Å². The predicted octanol–water partition coefficient (Wildman–Crippen LogP) is 4.07. The highest BCUT2D eigenvalue weighted by molar-refractivity contribution is 5.99. The molecular formula is C24H20N2O4. The molecule has 4 aromatic rings. The van der Waals surface area contributed by atoms with Gasteiger partial charge in [-0.05, 0) is 41.0 Å². The number of benzene rings is 3. The molecule has 1 atom stereocenters. The molecule has 0 aliphatic carbocycles. The third-order valence-corrected chi connectivity index (χ3v) is 5.63. The molecule has 6 heteroatoms. The number of nitrogens with one attached hydrogen (secondary N) is 1. The fourth-order valence-corrected chi connectivity index (χ4v) is 4.21. The zero-order valence-electron chi connectivity index (χ0n) is 16.4. The summed E-state index contributed by atoms with van der Waals surface area (Å²) in [5.41, 5.74) is 4.82. The van der Waals surface area contributed by atoms with Crippen molar-refractivity contribution in [2.75, 3.05) is 7.11 Å². The van der Waals surface area contributed by atoms with Crippen molar-refractivity contribution in [1.29, 1.82) is 0 Å². The van der Waals surface area contributed by atoms with Crippen LogP contribution >= 0.6 is 0 Å². The molecular weight excluding hydrogens is 380 g/mol. The number of para-hydroxylation sites is 1. The van der Waals surface area contributed by atoms with E-state index in [-0.39, 0.29) is 11.9 Å². The fraction of sp³-hybridized carbons (Fsp3) is 0.167. The maximum Gasteiger partial charge on any atom is 0.417 e. The molecule has 1 aromatic heterocycles. The first kappa shape index (κ1) is 18.2. The molecule has 2 heterocycles. The molecule has 150 valence electrons. The number of amides is 1. The van der Waals surface area contributed by atoms with Gasteiger partial charge in [-0.1, -0.05) is 42.5 Å². The Morgan fingerprint density at radius 1 is 1.03 bits per heavy atom. The van der Waals surface area contributed by atoms with E-state index in [4.69, 9.17) is 9.15 Å². The topological polar surface area (TPSA) is 75.5 Å². The lowest BCUT2D eigenvalue weighted by atomic mass is 9.97. The molecule has 3 aromatic carbocycles. The van der Waals surface area contributed by atoms with E-state index < -0.39 is 5.76 Å². The Labute approximate surface area is 172 Å². The average Bonchev–Trinajstić information content (AvgIpc) is 3.26. The molecule has 1 aliphatic rings. The van der Waals surface area contributed by atoms with Crippen molar-refractivity contribution in [3.63, 3.8) is 0 Å². The van der Waals surface area contributed by atoms with E-state index in [9.17, 15) is 9.59 Å². The van der Waals surface area contributed by atoms with Crippen LogP contribution in [0.2, 0.25) is 0 Å². The minimum absolute atomic E-state index is 0.00103. The SMILES string of the molecule is COc1ccccc1CC1c2ccccc2C(=O)N1Cc1ccc2[nH]c(=O)oc2c1. The Hall–Kier alpha value is -3.80. The number of oxazole rings is 1. The summed E-state index contributed by atoms with van der Waals surface area (Å²) in [5.74, 6) is 0.326. The standard InChI is InChI=1S/C24H20N2O4/c1-29-21-9-5-2-6-16(21)13-20-17-7-3-4-8-18(17)23(27)26(20)14-15-10-11-19-22(12-15)30-24(28)25-19/h2-12,20H,13-14H2,1H3,(H,25,28). The van der Waals surface area contributed by atoms with Crippen molar-refractivity contribution in [2.45, 2.75) is 19.0 Å². The van der Waals surface area contributed by atoms with Crippen LogP contribution in [0.25, 0.3) is 11.1 Å². The second-order valence-electron chi connectivity index (χ2n) is 7.40. The van der Waals surface area contributed by atoms with E-state index in [2.05, 4.69) is 4.98 Å². The molecule has 0 spiro atoms. The Morgan fingerprint density at radius 3 is 2.70 bits per heavy atom. The van der Waals surface area contributed by atoms with Crippen LogP contribution in [0, 0.1) is 0 Å². The lowest BCUT2D eigenvalue weighted by Gasteiger charge is -2.26. The van der Waals surface area contributed by atoms with Gasteiger partial charge in [-0.2, -0.15) is 0 Å². The molecule has 1 N–H and O–H groups in total. The molecule has 0 radical (unpaired) electrons. The van der Waals surface area contributed by atoms with E-state index >= 15 is 0 Å². The maximum atomic E-state index is 13.2. The van der Waals surface area contributed by atoms with Crippen molar-refractivity contribution >= 4 is 17.0 Å². The first-order chi connectivity index (χ1) is 14.6. The average molecular weight is 400 g/mol. The van der Waals surface area contributed by atoms with Crippen LogP contribution in [0.1, 0.15) is 33.1 Å². The number of hydrogen-bond donors (Lipinski definition) is 1. The Bertz CT molecular complexity index is 1300. The van der Waals surface area contributed by atoms with Gasteiger partial charge in [-0.25, -0.2) is 4.79 Å². The molecule has 30 heavy (non-hydrogen) atoms. The number of carbonyl (C=O) groups is 1. The van der Waals surface area contributed by atoms with Gasteiger partial charge in [0.15, 0.2) is 5.58 Å². The van der Waals surface area contributed by atoms with Gasteiger partial charge in [0.1, 0.15) is 5.75 Å². The number of rotatable bonds is 5. The molecule has 0 bridgehead atoms. The summed E-state index contributed by atoms with van der Waals surface area (Å²) in [6.45, 7) is 0.415. The fourth-order valence-electron chi connectivity index (χ4n) is 4.21. The number of hydrogen-bond acceptors (Lipinski definition) is 4. The van der Waals surface area contributed by atoms with E-state index in [0.29, 0.717) is 24.1 Å². The predicted molar refractivity (Wildman–Crippen MR) is 113 cm³/mol. The van der Waals surface area contributed by atoms with Crippen LogP contribution in [0.5, 0.6) is 5.75 Å². The molecule has 5 rings (SSSR count). The van der Waals surface area contributed by atoms with Gasteiger partial charge >= 0.3 is 5.76 Å². The summed E-state index contributed by atoms with van der Waals surface area (Å²) >= 11 is 0. The van der Waals surface area contributed by atoms with E-state index in [1.807, 2.05) is 65.6 Å². The first-order valence-electron chi connectivity index (χ1n) is 9.77. The Morgan fingerprint density at radius 2 is 1.83 bits per heavy atom. The van der Waals surface area contributed by atoms with Crippen LogP contribution in [0.4, 0.5) is 0 Å². The zero-order valence-corrected chi connectivity index (χ0v) is 16.4. The van der Waals surface area contributed by atoms with Crippen LogP contribution in [-0.2, 0) is 13.0 Å². The number of H-pyrrole nitrogens is 1. The van der Waals surface area contributed by atoms with E-state index in [1.54, 1.807) is 13.2 Å². The van der Waals surface area contributed by atoms with Gasteiger partial charge < -0.3 is 14.1 Å². The maximum absolute atomic E-state index is 13.2. The lowest BCUT2D eigenvalue weighted by Crippen LogP contribution is -2.29. The van der Waals surface area contributed by atoms with Crippen molar-refractivity contribution < 1.29 is 13.9 Å². The number of fused-ring (bicyclic) bond motifs is 2. The third kappa shape index (κ3) is 3.06. The highest BCUT2D eigenvalue weighted by Crippen LogP contribution is 2.38. The third-order valence-electron chi connectivity index (χ3n) is 5.63. The number of ether oxygens (including phenoxy) is 1. The summed E-state index contributed by atoms with van der Waals surface area (Å²) in [7, 11) is 1.66. The van der Waals surface area contributed by atoms with E-state index in [1.165, 1.54) is 0 Å². The highest BCUT2D eigenvalue weighted by atomic mass is 16.5. The monoisotopic (exact) mass is 400 g/mol. The lowest BCUT2D eigenvalue weighted by molar-refractivity contribution is 0.0708. The zero-order chi connectivity index (χ0) is 20.7. The summed E-state index contributed by atoms with van der Waals surface area (Å²) in [4.78, 5) is 29.2. The van der Waals surface area contributed by atoms with Crippen LogP contribution in [-0.4, -0.2) is 22.9 Å². The van der Waals surface area contributed by atoms with Crippen LogP contribution in [0.15, 0.2) is 75.9 Å². The van der Waals surface area contributed by atoms with Gasteiger partial charge in [0.25, 0.3) is 5.91 Å². The number of nitrogens with zero attached hydrogens (tertiary/aromatic N) is 1. The minimum atomic E-state index is -0.485. The molecule has 1 aliphatic heterocycles. The summed E-state index contributed by atoms with van der Waals surface area (Å²) in [6.07, 6.45) is 0.647. The second-order valence-corrected chi connectivity index (χ2v) is 7.40. The van der Waals surface area contributed by atoms with Gasteiger partial charge in [0, 0.05) is 18.5 Å². The molecule has 6 nitrogen and oxygen atoms in total. The van der Waals surface area contributed by atoms with Gasteiger partial charge in [0.2, 0.25) is 0 Å². The van der Waals surface area contributed by atoms with E-state index in [0.717, 1.165) is 28.0 Å². The first-order valence-corrected chi connectivity index (χ1v) is 9.77.